The van der Waals surface area contributed by atoms with Gasteiger partial charge in [0.1, 0.15) is 0 Å². The molecular weight excluding hydrogens is 210 g/mol. The maximum absolute atomic E-state index is 11.3. The van der Waals surface area contributed by atoms with Crippen molar-refractivity contribution in [1.29, 1.82) is 0 Å². The molecule has 0 saturated heterocycles. The lowest BCUT2D eigenvalue weighted by atomic mass is 10.0. The predicted molar refractivity (Wildman–Crippen MR) is 60.2 cm³/mol. The van der Waals surface area contributed by atoms with Crippen molar-refractivity contribution in [1.82, 2.24) is 4.90 Å². The normalized spacial score (nSPS) is 14.7. The maximum Gasteiger partial charge on any atom is 0.409 e. The highest BCUT2D eigenvalue weighted by Crippen LogP contribution is 2.22. The Labute approximate surface area is 94.4 Å². The number of ether oxygens (including phenoxy) is 1. The lowest BCUT2D eigenvalue weighted by Gasteiger charge is -2.27. The SMILES string of the molecule is COC(=O)N1CCc2cc(S)ccc2C1. The molecule has 1 aliphatic rings. The van der Waals surface area contributed by atoms with Crippen LogP contribution < -0.4 is 0 Å². The van der Waals surface area contributed by atoms with Gasteiger partial charge in [-0.2, -0.15) is 0 Å². The van der Waals surface area contributed by atoms with Gasteiger partial charge in [-0.15, -0.1) is 12.6 Å². The van der Waals surface area contributed by atoms with Crippen LogP contribution in [0.15, 0.2) is 23.1 Å². The molecule has 0 aromatic heterocycles. The molecule has 0 bridgehead atoms. The lowest BCUT2D eigenvalue weighted by Crippen LogP contribution is -2.35. The van der Waals surface area contributed by atoms with E-state index >= 15 is 0 Å². The average molecular weight is 223 g/mol. The number of hydrogen-bond acceptors (Lipinski definition) is 3. The second-order valence-corrected chi connectivity index (χ2v) is 4.11. The standard InChI is InChI=1S/C11H13NO2S/c1-14-11(13)12-5-4-8-6-10(15)3-2-9(8)7-12/h2-3,6,15H,4-5,7H2,1H3. The van der Waals surface area contributed by atoms with Gasteiger partial charge in [-0.25, -0.2) is 4.79 Å². The van der Waals surface area contributed by atoms with Crippen molar-refractivity contribution in [3.8, 4) is 0 Å². The molecule has 0 fully saturated rings. The molecule has 1 aromatic carbocycles. The summed E-state index contributed by atoms with van der Waals surface area (Å²) in [5, 5.41) is 0. The van der Waals surface area contributed by atoms with Gasteiger partial charge in [0.2, 0.25) is 0 Å². The molecule has 0 radical (unpaired) electrons. The number of nitrogens with zero attached hydrogens (tertiary/aromatic N) is 1. The van der Waals surface area contributed by atoms with Crippen LogP contribution in [0.4, 0.5) is 4.79 Å². The van der Waals surface area contributed by atoms with E-state index in [0.717, 1.165) is 17.9 Å². The van der Waals surface area contributed by atoms with E-state index in [-0.39, 0.29) is 6.09 Å². The zero-order valence-electron chi connectivity index (χ0n) is 8.56. The van der Waals surface area contributed by atoms with Crippen molar-refractivity contribution in [3.63, 3.8) is 0 Å². The highest BCUT2D eigenvalue weighted by molar-refractivity contribution is 7.80. The molecule has 0 saturated carbocycles. The van der Waals surface area contributed by atoms with Gasteiger partial charge in [0.05, 0.1) is 7.11 Å². The number of hydrogen-bond donors (Lipinski definition) is 1. The quantitative estimate of drug-likeness (QED) is 0.682. The first-order chi connectivity index (χ1) is 7.20. The Kier molecular flexibility index (Phi) is 2.86. The summed E-state index contributed by atoms with van der Waals surface area (Å²) in [6, 6.07) is 6.03. The smallest absolute Gasteiger partial charge is 0.409 e. The summed E-state index contributed by atoms with van der Waals surface area (Å²) < 4.78 is 4.70. The predicted octanol–water partition coefficient (Wildman–Crippen LogP) is 2.10. The minimum atomic E-state index is -0.254. The second-order valence-electron chi connectivity index (χ2n) is 3.59. The molecule has 1 heterocycles. The number of thiol groups is 1. The van der Waals surface area contributed by atoms with Crippen molar-refractivity contribution in [2.75, 3.05) is 13.7 Å². The van der Waals surface area contributed by atoms with E-state index in [1.807, 2.05) is 12.1 Å². The second kappa shape index (κ2) is 4.14. The first kappa shape index (κ1) is 10.4. The topological polar surface area (TPSA) is 29.5 Å². The monoisotopic (exact) mass is 223 g/mol. The van der Waals surface area contributed by atoms with Crippen molar-refractivity contribution < 1.29 is 9.53 Å². The molecule has 80 valence electrons. The van der Waals surface area contributed by atoms with Gasteiger partial charge in [0.25, 0.3) is 0 Å². The Morgan fingerprint density at radius 1 is 1.47 bits per heavy atom. The van der Waals surface area contributed by atoms with E-state index in [4.69, 9.17) is 4.74 Å². The fourth-order valence-electron chi connectivity index (χ4n) is 1.82. The third-order valence-electron chi connectivity index (χ3n) is 2.63. The lowest BCUT2D eigenvalue weighted by molar-refractivity contribution is 0.118. The molecule has 0 aliphatic carbocycles. The van der Waals surface area contributed by atoms with Crippen LogP contribution in [0, 0.1) is 0 Å². The Balaban J connectivity index is 2.20. The summed E-state index contributed by atoms with van der Waals surface area (Å²) in [6.07, 6.45) is 0.620. The fraction of sp³-hybridized carbons (Fsp3) is 0.364. The highest BCUT2D eigenvalue weighted by atomic mass is 32.1. The average Bonchev–Trinajstić information content (AvgIpc) is 2.27. The van der Waals surface area contributed by atoms with Gasteiger partial charge < -0.3 is 9.64 Å². The molecule has 3 nitrogen and oxygen atoms in total. The molecule has 2 rings (SSSR count). The van der Waals surface area contributed by atoms with Crippen LogP contribution >= 0.6 is 12.6 Å². The number of carbonyl (C=O) groups is 1. The molecule has 4 heteroatoms. The molecule has 0 spiro atoms. The molecule has 1 aliphatic heterocycles. The Morgan fingerprint density at radius 3 is 3.00 bits per heavy atom. The number of carbonyl (C=O) groups excluding carboxylic acids is 1. The highest BCUT2D eigenvalue weighted by Gasteiger charge is 2.20. The molecule has 1 amide bonds. The van der Waals surface area contributed by atoms with E-state index < -0.39 is 0 Å². The van der Waals surface area contributed by atoms with Crippen molar-refractivity contribution in [2.45, 2.75) is 17.9 Å². The number of fused-ring (bicyclic) bond motifs is 1. The van der Waals surface area contributed by atoms with Gasteiger partial charge in [0.15, 0.2) is 0 Å². The summed E-state index contributed by atoms with van der Waals surface area (Å²) in [5.74, 6) is 0. The summed E-state index contributed by atoms with van der Waals surface area (Å²) >= 11 is 4.29. The van der Waals surface area contributed by atoms with Crippen LogP contribution in [-0.2, 0) is 17.7 Å². The number of benzene rings is 1. The maximum atomic E-state index is 11.3. The summed E-state index contributed by atoms with van der Waals surface area (Å²) in [6.45, 7) is 1.35. The summed E-state index contributed by atoms with van der Waals surface area (Å²) in [5.41, 5.74) is 2.46. The van der Waals surface area contributed by atoms with Crippen molar-refractivity contribution in [3.05, 3.63) is 29.3 Å². The fourth-order valence-corrected chi connectivity index (χ4v) is 2.05. The third-order valence-corrected chi connectivity index (χ3v) is 2.91. The van der Waals surface area contributed by atoms with Crippen LogP contribution in [0.25, 0.3) is 0 Å². The minimum absolute atomic E-state index is 0.254. The zero-order chi connectivity index (χ0) is 10.8. The van der Waals surface area contributed by atoms with Gasteiger partial charge in [0, 0.05) is 18.0 Å². The van der Waals surface area contributed by atoms with Crippen molar-refractivity contribution >= 4 is 18.7 Å². The van der Waals surface area contributed by atoms with Gasteiger partial charge in [-0.05, 0) is 29.7 Å². The van der Waals surface area contributed by atoms with Crippen molar-refractivity contribution in [2.24, 2.45) is 0 Å². The summed E-state index contributed by atoms with van der Waals surface area (Å²) in [7, 11) is 1.41. The molecule has 0 N–H and O–H groups in total. The Bertz CT molecular complexity index is 392. The molecule has 0 atom stereocenters. The first-order valence-electron chi connectivity index (χ1n) is 4.84. The van der Waals surface area contributed by atoms with E-state index in [9.17, 15) is 4.79 Å². The van der Waals surface area contributed by atoms with Crippen LogP contribution in [-0.4, -0.2) is 24.6 Å². The zero-order valence-corrected chi connectivity index (χ0v) is 9.46. The Morgan fingerprint density at radius 2 is 2.27 bits per heavy atom. The van der Waals surface area contributed by atoms with Gasteiger partial charge in [-0.3, -0.25) is 0 Å². The van der Waals surface area contributed by atoms with Gasteiger partial charge in [-0.1, -0.05) is 6.07 Å². The van der Waals surface area contributed by atoms with E-state index in [1.54, 1.807) is 4.90 Å². The third kappa shape index (κ3) is 2.09. The number of rotatable bonds is 0. The summed E-state index contributed by atoms with van der Waals surface area (Å²) in [4.78, 5) is 14.0. The van der Waals surface area contributed by atoms with Crippen LogP contribution in [0.1, 0.15) is 11.1 Å². The van der Waals surface area contributed by atoms with Gasteiger partial charge >= 0.3 is 6.09 Å². The number of amides is 1. The van der Waals surface area contributed by atoms with E-state index in [2.05, 4.69) is 18.7 Å². The van der Waals surface area contributed by atoms with Crippen LogP contribution in [0.3, 0.4) is 0 Å². The molecular formula is C11H13NO2S. The minimum Gasteiger partial charge on any atom is -0.453 e. The van der Waals surface area contributed by atoms with E-state index in [1.165, 1.54) is 18.2 Å². The molecule has 1 aromatic rings. The largest absolute Gasteiger partial charge is 0.453 e. The first-order valence-corrected chi connectivity index (χ1v) is 5.29. The number of methoxy groups -OCH3 is 1. The Hall–Kier alpha value is -1.16. The molecule has 15 heavy (non-hydrogen) atoms. The van der Waals surface area contributed by atoms with E-state index in [0.29, 0.717) is 6.54 Å². The molecule has 0 unspecified atom stereocenters. The van der Waals surface area contributed by atoms with Crippen LogP contribution in [0.5, 0.6) is 0 Å². The van der Waals surface area contributed by atoms with Crippen LogP contribution in [0.2, 0.25) is 0 Å².